The van der Waals surface area contributed by atoms with Gasteiger partial charge in [-0.15, -0.1) is 0 Å². The van der Waals surface area contributed by atoms with Crippen LogP contribution in [0.2, 0.25) is 0 Å². The Labute approximate surface area is 133 Å². The van der Waals surface area contributed by atoms with Gasteiger partial charge in [-0.25, -0.2) is 9.37 Å². The minimum Gasteiger partial charge on any atom is -0.423 e. The molecule has 1 saturated heterocycles. The van der Waals surface area contributed by atoms with Crippen molar-refractivity contribution in [2.45, 2.75) is 6.61 Å². The van der Waals surface area contributed by atoms with E-state index in [1.54, 1.807) is 12.3 Å². The summed E-state index contributed by atoms with van der Waals surface area (Å²) in [4.78, 5) is 6.59. The van der Waals surface area contributed by atoms with Crippen molar-refractivity contribution >= 4 is 18.4 Å². The van der Waals surface area contributed by atoms with Gasteiger partial charge in [0, 0.05) is 30.4 Å². The molecular formula is C16H16BFN2O3. The van der Waals surface area contributed by atoms with Gasteiger partial charge in [-0.2, -0.15) is 0 Å². The van der Waals surface area contributed by atoms with E-state index >= 15 is 0 Å². The molecule has 0 spiro atoms. The van der Waals surface area contributed by atoms with Gasteiger partial charge in [0.1, 0.15) is 11.6 Å². The van der Waals surface area contributed by atoms with E-state index < -0.39 is 7.12 Å². The monoisotopic (exact) mass is 314 g/mol. The molecular weight excluding hydrogens is 298 g/mol. The molecule has 5 nitrogen and oxygen atoms in total. The van der Waals surface area contributed by atoms with Crippen molar-refractivity contribution in [1.82, 2.24) is 4.98 Å². The molecule has 0 unspecified atom stereocenters. The van der Waals surface area contributed by atoms with Crippen molar-refractivity contribution in [1.29, 1.82) is 0 Å². The van der Waals surface area contributed by atoms with Crippen LogP contribution in [0.1, 0.15) is 5.56 Å². The average Bonchev–Trinajstić information content (AvgIpc) is 2.95. The number of hydrogen-bond acceptors (Lipinski definition) is 5. The first-order valence-corrected chi connectivity index (χ1v) is 7.63. The van der Waals surface area contributed by atoms with Crippen LogP contribution in [-0.4, -0.2) is 43.4 Å². The van der Waals surface area contributed by atoms with E-state index in [0.717, 1.165) is 18.9 Å². The minimum atomic E-state index is -0.982. The molecule has 0 saturated carbocycles. The Morgan fingerprint density at radius 2 is 2.04 bits per heavy atom. The van der Waals surface area contributed by atoms with Crippen LogP contribution in [0.4, 0.5) is 10.2 Å². The number of morpholine rings is 1. The predicted molar refractivity (Wildman–Crippen MR) is 85.1 cm³/mol. The van der Waals surface area contributed by atoms with Gasteiger partial charge in [-0.1, -0.05) is 6.07 Å². The van der Waals surface area contributed by atoms with Crippen molar-refractivity contribution in [2.75, 3.05) is 31.2 Å². The lowest BCUT2D eigenvalue weighted by Gasteiger charge is -2.27. The van der Waals surface area contributed by atoms with Crippen LogP contribution in [0.25, 0.3) is 11.1 Å². The molecule has 0 aliphatic carbocycles. The fourth-order valence-electron chi connectivity index (χ4n) is 2.99. The number of hydrogen-bond donors (Lipinski definition) is 1. The molecule has 23 heavy (non-hydrogen) atoms. The van der Waals surface area contributed by atoms with Gasteiger partial charge in [-0.3, -0.25) is 0 Å². The summed E-state index contributed by atoms with van der Waals surface area (Å²) in [6, 6.07) is 6.82. The second-order valence-corrected chi connectivity index (χ2v) is 5.70. The molecule has 2 aromatic rings. The van der Waals surface area contributed by atoms with Crippen LogP contribution < -0.4 is 10.4 Å². The maximum absolute atomic E-state index is 14.3. The number of anilines is 1. The molecule has 7 heteroatoms. The van der Waals surface area contributed by atoms with E-state index in [2.05, 4.69) is 9.88 Å². The summed E-state index contributed by atoms with van der Waals surface area (Å²) < 4.78 is 24.8. The number of halogens is 1. The fourth-order valence-corrected chi connectivity index (χ4v) is 2.99. The number of benzene rings is 1. The maximum Gasteiger partial charge on any atom is 0.491 e. The lowest BCUT2D eigenvalue weighted by molar-refractivity contribution is 0.122. The van der Waals surface area contributed by atoms with E-state index in [4.69, 9.17) is 9.39 Å². The zero-order valence-corrected chi connectivity index (χ0v) is 12.5. The van der Waals surface area contributed by atoms with Crippen molar-refractivity contribution in [3.8, 4) is 11.1 Å². The van der Waals surface area contributed by atoms with E-state index in [1.165, 1.54) is 6.07 Å². The lowest BCUT2D eigenvalue weighted by atomic mass is 9.78. The highest BCUT2D eigenvalue weighted by molar-refractivity contribution is 6.61. The normalized spacial score (nSPS) is 17.5. The summed E-state index contributed by atoms with van der Waals surface area (Å²) in [6.45, 7) is 3.25. The van der Waals surface area contributed by atoms with Crippen molar-refractivity contribution < 1.29 is 18.8 Å². The largest absolute Gasteiger partial charge is 0.491 e. The molecule has 2 aliphatic rings. The zero-order valence-electron chi connectivity index (χ0n) is 12.5. The van der Waals surface area contributed by atoms with Gasteiger partial charge in [0.15, 0.2) is 0 Å². The first kappa shape index (κ1) is 14.6. The van der Waals surface area contributed by atoms with Crippen LogP contribution in [-0.2, 0) is 16.0 Å². The second kappa shape index (κ2) is 5.92. The summed E-state index contributed by atoms with van der Waals surface area (Å²) in [5.74, 6) is 0.532. The maximum atomic E-state index is 14.3. The van der Waals surface area contributed by atoms with Gasteiger partial charge < -0.3 is 19.3 Å². The highest BCUT2D eigenvalue weighted by Gasteiger charge is 2.29. The van der Waals surface area contributed by atoms with Crippen molar-refractivity contribution in [3.63, 3.8) is 0 Å². The minimum absolute atomic E-state index is 0.238. The Balaban J connectivity index is 1.64. The van der Waals surface area contributed by atoms with Gasteiger partial charge in [0.05, 0.1) is 19.8 Å². The van der Waals surface area contributed by atoms with Gasteiger partial charge >= 0.3 is 7.12 Å². The summed E-state index contributed by atoms with van der Waals surface area (Å²) in [5.41, 5.74) is 2.42. The summed E-state index contributed by atoms with van der Waals surface area (Å²) >= 11 is 0. The molecule has 1 N–H and O–H groups in total. The Kier molecular flexibility index (Phi) is 3.76. The number of nitrogens with zero attached hydrogens (tertiary/aromatic N) is 2. The molecule has 118 valence electrons. The number of pyridine rings is 1. The molecule has 4 rings (SSSR count). The van der Waals surface area contributed by atoms with Gasteiger partial charge in [0.25, 0.3) is 0 Å². The second-order valence-electron chi connectivity index (χ2n) is 5.70. The quantitative estimate of drug-likeness (QED) is 0.836. The Bertz CT molecular complexity index is 720. The van der Waals surface area contributed by atoms with E-state index in [1.807, 2.05) is 12.1 Å². The number of fused-ring (bicyclic) bond motifs is 1. The third-order valence-corrected chi connectivity index (χ3v) is 4.29. The van der Waals surface area contributed by atoms with Gasteiger partial charge in [-0.05, 0) is 29.2 Å². The molecule has 0 bridgehead atoms. The standard InChI is InChI=1S/C16H16BFN2O3/c18-15-7-12-10-23-17(21)14(12)8-13(15)11-1-2-16(19-9-11)20-3-5-22-6-4-20/h1-2,7-9,21H,3-6,10H2. The highest BCUT2D eigenvalue weighted by atomic mass is 19.1. The molecule has 1 fully saturated rings. The number of rotatable bonds is 2. The number of aromatic nitrogens is 1. The number of ether oxygens (including phenoxy) is 1. The Morgan fingerprint density at radius 3 is 2.78 bits per heavy atom. The summed E-state index contributed by atoms with van der Waals surface area (Å²) in [7, 11) is -0.982. The third-order valence-electron chi connectivity index (χ3n) is 4.29. The predicted octanol–water partition coefficient (Wildman–Crippen LogP) is 0.942. The van der Waals surface area contributed by atoms with Crippen molar-refractivity contribution in [3.05, 3.63) is 41.8 Å². The van der Waals surface area contributed by atoms with E-state index in [0.29, 0.717) is 35.4 Å². The first-order valence-electron chi connectivity index (χ1n) is 7.63. The van der Waals surface area contributed by atoms with Crippen LogP contribution in [0.3, 0.4) is 0 Å². The molecule has 1 aromatic heterocycles. The fraction of sp³-hybridized carbons (Fsp3) is 0.312. The summed E-state index contributed by atoms with van der Waals surface area (Å²) in [5, 5.41) is 9.78. The smallest absolute Gasteiger partial charge is 0.423 e. The van der Waals surface area contributed by atoms with Crippen LogP contribution in [0, 0.1) is 5.82 Å². The van der Waals surface area contributed by atoms with E-state index in [-0.39, 0.29) is 12.4 Å². The Morgan fingerprint density at radius 1 is 1.22 bits per heavy atom. The molecule has 0 atom stereocenters. The summed E-state index contributed by atoms with van der Waals surface area (Å²) in [6.07, 6.45) is 1.66. The van der Waals surface area contributed by atoms with Crippen LogP contribution in [0.15, 0.2) is 30.5 Å². The molecule has 0 radical (unpaired) electrons. The first-order chi connectivity index (χ1) is 11.2. The van der Waals surface area contributed by atoms with Crippen molar-refractivity contribution in [2.24, 2.45) is 0 Å². The molecule has 2 aliphatic heterocycles. The van der Waals surface area contributed by atoms with Gasteiger partial charge in [0.2, 0.25) is 0 Å². The Hall–Kier alpha value is -1.96. The van der Waals surface area contributed by atoms with Crippen LogP contribution in [0.5, 0.6) is 0 Å². The van der Waals surface area contributed by atoms with E-state index in [9.17, 15) is 9.41 Å². The SMILES string of the molecule is OB1OCc2cc(F)c(-c3ccc(N4CCOCC4)nc3)cc21. The lowest BCUT2D eigenvalue weighted by Crippen LogP contribution is -2.36. The topological polar surface area (TPSA) is 54.8 Å². The zero-order chi connectivity index (χ0) is 15.8. The molecule has 0 amide bonds. The highest BCUT2D eigenvalue weighted by Crippen LogP contribution is 2.26. The average molecular weight is 314 g/mol. The molecule has 1 aromatic carbocycles. The molecule has 3 heterocycles. The van der Waals surface area contributed by atoms with Crippen LogP contribution >= 0.6 is 0 Å². The third kappa shape index (κ3) is 2.71.